The molecule has 0 spiro atoms. The van der Waals surface area contributed by atoms with Crippen LogP contribution in [-0.4, -0.2) is 43.6 Å². The SMILES string of the molecule is COc1cccc(C2CCN(C[C@H]3CC[C@@H](NC(=O)/C=C/c4cc(F)cc(F)c4)C3)CC2)c1. The van der Waals surface area contributed by atoms with Crippen LogP contribution in [0.2, 0.25) is 0 Å². The lowest BCUT2D eigenvalue weighted by molar-refractivity contribution is -0.117. The van der Waals surface area contributed by atoms with Crippen LogP contribution in [0.1, 0.15) is 49.1 Å². The average Bonchev–Trinajstić information content (AvgIpc) is 3.24. The predicted octanol–water partition coefficient (Wildman–Crippen LogP) is 5.15. The number of hydrogen-bond acceptors (Lipinski definition) is 3. The number of methoxy groups -OCH3 is 1. The Morgan fingerprint density at radius 1 is 1.09 bits per heavy atom. The summed E-state index contributed by atoms with van der Waals surface area (Å²) in [5, 5.41) is 3.04. The normalized spacial score (nSPS) is 22.0. The number of nitrogens with zero attached hydrogens (tertiary/aromatic N) is 1. The molecule has 4 nitrogen and oxygen atoms in total. The predicted molar refractivity (Wildman–Crippen MR) is 126 cm³/mol. The first-order valence-electron chi connectivity index (χ1n) is 11.8. The smallest absolute Gasteiger partial charge is 0.244 e. The van der Waals surface area contributed by atoms with Crippen molar-refractivity contribution in [3.8, 4) is 5.75 Å². The fourth-order valence-electron chi connectivity index (χ4n) is 5.17. The second kappa shape index (κ2) is 10.9. The third-order valence-electron chi connectivity index (χ3n) is 6.87. The molecule has 6 heteroatoms. The molecule has 176 valence electrons. The quantitative estimate of drug-likeness (QED) is 0.589. The maximum absolute atomic E-state index is 13.3. The zero-order valence-electron chi connectivity index (χ0n) is 19.1. The molecule has 2 fully saturated rings. The Balaban J connectivity index is 1.19. The van der Waals surface area contributed by atoms with Crippen LogP contribution < -0.4 is 10.1 Å². The monoisotopic (exact) mass is 454 g/mol. The minimum Gasteiger partial charge on any atom is -0.497 e. The number of nitrogens with one attached hydrogen (secondary N) is 1. The van der Waals surface area contributed by atoms with Gasteiger partial charge in [0.25, 0.3) is 0 Å². The summed E-state index contributed by atoms with van der Waals surface area (Å²) in [6, 6.07) is 11.8. The number of hydrogen-bond donors (Lipinski definition) is 1. The van der Waals surface area contributed by atoms with Gasteiger partial charge in [0, 0.05) is 24.7 Å². The van der Waals surface area contributed by atoms with Crippen molar-refractivity contribution in [2.45, 2.75) is 44.1 Å². The Morgan fingerprint density at radius 2 is 1.85 bits per heavy atom. The number of likely N-dealkylation sites (tertiary alicyclic amines) is 1. The van der Waals surface area contributed by atoms with E-state index in [1.165, 1.54) is 29.8 Å². The van der Waals surface area contributed by atoms with Crippen molar-refractivity contribution in [1.82, 2.24) is 10.2 Å². The lowest BCUT2D eigenvalue weighted by Gasteiger charge is -2.34. The lowest BCUT2D eigenvalue weighted by Crippen LogP contribution is -2.37. The summed E-state index contributed by atoms with van der Waals surface area (Å²) in [4.78, 5) is 14.8. The molecule has 4 rings (SSSR count). The van der Waals surface area contributed by atoms with Gasteiger partial charge in [-0.15, -0.1) is 0 Å². The molecule has 1 saturated carbocycles. The number of ether oxygens (including phenoxy) is 1. The molecule has 1 aliphatic carbocycles. The molecule has 0 aromatic heterocycles. The molecule has 0 unspecified atom stereocenters. The summed E-state index contributed by atoms with van der Waals surface area (Å²) < 4.78 is 31.9. The van der Waals surface area contributed by atoms with Gasteiger partial charge in [-0.05, 0) is 98.5 Å². The fraction of sp³-hybridized carbons (Fsp3) is 0.444. The maximum atomic E-state index is 13.3. The number of halogens is 2. The van der Waals surface area contributed by atoms with Crippen LogP contribution in [0.15, 0.2) is 48.5 Å². The van der Waals surface area contributed by atoms with E-state index in [-0.39, 0.29) is 11.9 Å². The van der Waals surface area contributed by atoms with Crippen LogP contribution in [0.5, 0.6) is 5.75 Å². The van der Waals surface area contributed by atoms with Gasteiger partial charge in [-0.1, -0.05) is 12.1 Å². The highest BCUT2D eigenvalue weighted by molar-refractivity contribution is 5.91. The Kier molecular flexibility index (Phi) is 7.76. The number of carbonyl (C=O) groups excluding carboxylic acids is 1. The standard InChI is InChI=1S/C27H32F2N2O2/c1-33-26-4-2-3-22(16-26)21-9-11-31(12-10-21)18-20-5-7-25(15-20)30-27(32)8-6-19-13-23(28)17-24(29)14-19/h2-4,6,8,13-14,16-17,20-21,25H,5,7,9-12,15,18H2,1H3,(H,30,32)/b8-6+/t20-,25+/m0/s1. The van der Waals surface area contributed by atoms with Crippen molar-refractivity contribution >= 4 is 12.0 Å². The Morgan fingerprint density at radius 3 is 2.58 bits per heavy atom. The van der Waals surface area contributed by atoms with Crippen LogP contribution in [0.4, 0.5) is 8.78 Å². The highest BCUT2D eigenvalue weighted by Crippen LogP contribution is 2.32. The highest BCUT2D eigenvalue weighted by Gasteiger charge is 2.29. The lowest BCUT2D eigenvalue weighted by atomic mass is 9.89. The van der Waals surface area contributed by atoms with Gasteiger partial charge in [-0.3, -0.25) is 4.79 Å². The largest absolute Gasteiger partial charge is 0.497 e. The second-order valence-corrected chi connectivity index (χ2v) is 9.27. The molecule has 0 radical (unpaired) electrons. The summed E-state index contributed by atoms with van der Waals surface area (Å²) in [5.74, 6) is 0.578. The van der Waals surface area contributed by atoms with E-state index < -0.39 is 11.6 Å². The van der Waals surface area contributed by atoms with Gasteiger partial charge in [0.15, 0.2) is 0 Å². The van der Waals surface area contributed by atoms with Gasteiger partial charge in [-0.2, -0.15) is 0 Å². The summed E-state index contributed by atoms with van der Waals surface area (Å²) in [5.41, 5.74) is 1.70. The van der Waals surface area contributed by atoms with Gasteiger partial charge in [-0.25, -0.2) is 8.78 Å². The van der Waals surface area contributed by atoms with E-state index in [0.717, 1.165) is 63.6 Å². The third-order valence-corrected chi connectivity index (χ3v) is 6.87. The molecule has 33 heavy (non-hydrogen) atoms. The van der Waals surface area contributed by atoms with Gasteiger partial charge in [0.1, 0.15) is 17.4 Å². The van der Waals surface area contributed by atoms with Crippen molar-refractivity contribution in [2.24, 2.45) is 5.92 Å². The molecule has 2 aromatic carbocycles. The van der Waals surface area contributed by atoms with Gasteiger partial charge in [0.05, 0.1) is 7.11 Å². The summed E-state index contributed by atoms with van der Waals surface area (Å²) >= 11 is 0. The summed E-state index contributed by atoms with van der Waals surface area (Å²) in [6.45, 7) is 3.28. The fourth-order valence-corrected chi connectivity index (χ4v) is 5.17. The van der Waals surface area contributed by atoms with Crippen molar-refractivity contribution in [3.63, 3.8) is 0 Å². The first-order chi connectivity index (χ1) is 16.0. The van der Waals surface area contributed by atoms with E-state index in [9.17, 15) is 13.6 Å². The minimum atomic E-state index is -0.652. The minimum absolute atomic E-state index is 0.158. The van der Waals surface area contributed by atoms with Crippen LogP contribution in [0.3, 0.4) is 0 Å². The van der Waals surface area contributed by atoms with Crippen molar-refractivity contribution in [1.29, 1.82) is 0 Å². The van der Waals surface area contributed by atoms with Gasteiger partial charge >= 0.3 is 0 Å². The Hall–Kier alpha value is -2.73. The molecule has 1 aliphatic heterocycles. The summed E-state index contributed by atoms with van der Waals surface area (Å²) in [6.07, 6.45) is 8.17. The van der Waals surface area contributed by atoms with Crippen LogP contribution in [-0.2, 0) is 4.79 Å². The van der Waals surface area contributed by atoms with Crippen LogP contribution >= 0.6 is 0 Å². The van der Waals surface area contributed by atoms with Gasteiger partial charge < -0.3 is 15.0 Å². The molecule has 2 aromatic rings. The van der Waals surface area contributed by atoms with Crippen molar-refractivity contribution in [3.05, 3.63) is 71.3 Å². The topological polar surface area (TPSA) is 41.6 Å². The molecular weight excluding hydrogens is 422 g/mol. The Labute approximate surface area is 194 Å². The molecule has 1 amide bonds. The first kappa shape index (κ1) is 23.4. The van der Waals surface area contributed by atoms with E-state index in [1.54, 1.807) is 7.11 Å². The van der Waals surface area contributed by atoms with Gasteiger partial charge in [0.2, 0.25) is 5.91 Å². The van der Waals surface area contributed by atoms with Crippen molar-refractivity contribution < 1.29 is 18.3 Å². The molecule has 2 atom stereocenters. The summed E-state index contributed by atoms with van der Waals surface area (Å²) in [7, 11) is 1.71. The molecule has 1 saturated heterocycles. The highest BCUT2D eigenvalue weighted by atomic mass is 19.1. The number of amides is 1. The Bertz CT molecular complexity index is 966. The third kappa shape index (κ3) is 6.64. The second-order valence-electron chi connectivity index (χ2n) is 9.27. The number of rotatable bonds is 7. The van der Waals surface area contributed by atoms with Crippen LogP contribution in [0, 0.1) is 17.6 Å². The molecule has 0 bridgehead atoms. The van der Waals surface area contributed by atoms with Crippen LogP contribution in [0.25, 0.3) is 6.08 Å². The van der Waals surface area contributed by atoms with E-state index in [4.69, 9.17) is 4.74 Å². The average molecular weight is 455 g/mol. The van der Waals surface area contributed by atoms with Crippen molar-refractivity contribution in [2.75, 3.05) is 26.7 Å². The maximum Gasteiger partial charge on any atom is 0.244 e. The number of benzene rings is 2. The number of piperidine rings is 1. The number of carbonyl (C=O) groups is 1. The van der Waals surface area contributed by atoms with E-state index in [1.807, 2.05) is 6.07 Å². The molecule has 2 aliphatic rings. The van der Waals surface area contributed by atoms with E-state index >= 15 is 0 Å². The molecule has 1 heterocycles. The molecular formula is C27H32F2N2O2. The zero-order valence-corrected chi connectivity index (χ0v) is 19.1. The molecule has 1 N–H and O–H groups in total. The first-order valence-corrected chi connectivity index (χ1v) is 11.8. The zero-order chi connectivity index (χ0) is 23.2. The van der Waals surface area contributed by atoms with E-state index in [0.29, 0.717) is 17.4 Å². The van der Waals surface area contributed by atoms with E-state index in [2.05, 4.69) is 28.4 Å².